The van der Waals surface area contributed by atoms with Crippen molar-refractivity contribution in [3.05, 3.63) is 34.3 Å². The minimum atomic E-state index is 0.622. The zero-order chi connectivity index (χ0) is 15.8. The molecule has 0 spiro atoms. The van der Waals surface area contributed by atoms with Crippen molar-refractivity contribution in [1.82, 2.24) is 10.2 Å². The molecule has 5 heteroatoms. The minimum absolute atomic E-state index is 0.622. The topological polar surface area (TPSA) is 36.9 Å². The second-order valence-corrected chi connectivity index (χ2v) is 6.47. The van der Waals surface area contributed by atoms with Crippen molar-refractivity contribution in [1.29, 1.82) is 0 Å². The van der Waals surface area contributed by atoms with Crippen LogP contribution in [0, 0.1) is 5.92 Å². The SMILES string of the molecule is CCNC(=NCc1ccc(Br)cc1)N1CCC(COCC)C1. The van der Waals surface area contributed by atoms with Gasteiger partial charge in [-0.05, 0) is 38.0 Å². The van der Waals surface area contributed by atoms with Gasteiger partial charge < -0.3 is 15.0 Å². The molecule has 1 N–H and O–H groups in total. The third-order valence-electron chi connectivity index (χ3n) is 3.80. The Morgan fingerprint density at radius 1 is 1.36 bits per heavy atom. The van der Waals surface area contributed by atoms with Crippen LogP contribution in [0.2, 0.25) is 0 Å². The molecule has 1 fully saturated rings. The smallest absolute Gasteiger partial charge is 0.194 e. The van der Waals surface area contributed by atoms with Crippen molar-refractivity contribution in [2.45, 2.75) is 26.8 Å². The van der Waals surface area contributed by atoms with E-state index in [0.717, 1.165) is 43.3 Å². The highest BCUT2D eigenvalue weighted by atomic mass is 79.9. The Morgan fingerprint density at radius 2 is 2.14 bits per heavy atom. The summed E-state index contributed by atoms with van der Waals surface area (Å²) in [7, 11) is 0. The van der Waals surface area contributed by atoms with Gasteiger partial charge in [0.25, 0.3) is 0 Å². The monoisotopic (exact) mass is 367 g/mol. The van der Waals surface area contributed by atoms with E-state index in [0.29, 0.717) is 12.5 Å². The van der Waals surface area contributed by atoms with Gasteiger partial charge in [0.15, 0.2) is 5.96 Å². The number of aliphatic imine (C=N–C) groups is 1. The molecule has 1 aromatic carbocycles. The number of rotatable bonds is 6. The number of benzene rings is 1. The average molecular weight is 368 g/mol. The third kappa shape index (κ3) is 5.29. The second kappa shape index (κ2) is 9.16. The normalized spacial score (nSPS) is 18.8. The molecule has 122 valence electrons. The molecule has 1 heterocycles. The number of likely N-dealkylation sites (tertiary alicyclic amines) is 1. The third-order valence-corrected chi connectivity index (χ3v) is 4.33. The lowest BCUT2D eigenvalue weighted by atomic mass is 10.1. The molecule has 1 aliphatic heterocycles. The standard InChI is InChI=1S/C17H26BrN3O/c1-3-19-17(20-11-14-5-7-16(18)8-6-14)21-10-9-15(12-21)13-22-4-2/h5-8,15H,3-4,9-13H2,1-2H3,(H,19,20). The van der Waals surface area contributed by atoms with Gasteiger partial charge in [-0.15, -0.1) is 0 Å². The highest BCUT2D eigenvalue weighted by Gasteiger charge is 2.24. The quantitative estimate of drug-likeness (QED) is 0.619. The Labute approximate surface area is 142 Å². The summed E-state index contributed by atoms with van der Waals surface area (Å²) in [5, 5.41) is 3.41. The van der Waals surface area contributed by atoms with Crippen LogP contribution < -0.4 is 5.32 Å². The summed E-state index contributed by atoms with van der Waals surface area (Å²) in [6.07, 6.45) is 1.18. The van der Waals surface area contributed by atoms with Gasteiger partial charge in [-0.1, -0.05) is 28.1 Å². The second-order valence-electron chi connectivity index (χ2n) is 5.56. The van der Waals surface area contributed by atoms with E-state index in [-0.39, 0.29) is 0 Å². The molecule has 1 aromatic rings. The van der Waals surface area contributed by atoms with Crippen LogP contribution in [-0.2, 0) is 11.3 Å². The fourth-order valence-electron chi connectivity index (χ4n) is 2.63. The van der Waals surface area contributed by atoms with E-state index in [1.165, 1.54) is 12.0 Å². The van der Waals surface area contributed by atoms with Crippen LogP contribution in [0.15, 0.2) is 33.7 Å². The maximum absolute atomic E-state index is 5.55. The number of ether oxygens (including phenoxy) is 1. The summed E-state index contributed by atoms with van der Waals surface area (Å²) in [6, 6.07) is 8.34. The van der Waals surface area contributed by atoms with Gasteiger partial charge in [-0.25, -0.2) is 4.99 Å². The highest BCUT2D eigenvalue weighted by molar-refractivity contribution is 9.10. The summed E-state index contributed by atoms with van der Waals surface area (Å²) in [5.74, 6) is 1.64. The number of hydrogen-bond acceptors (Lipinski definition) is 2. The lowest BCUT2D eigenvalue weighted by Gasteiger charge is -2.21. The summed E-state index contributed by atoms with van der Waals surface area (Å²) in [5.41, 5.74) is 1.23. The van der Waals surface area contributed by atoms with Crippen LogP contribution >= 0.6 is 15.9 Å². The summed E-state index contributed by atoms with van der Waals surface area (Å²) >= 11 is 3.46. The van der Waals surface area contributed by atoms with Crippen molar-refractivity contribution in [3.63, 3.8) is 0 Å². The highest BCUT2D eigenvalue weighted by Crippen LogP contribution is 2.17. The van der Waals surface area contributed by atoms with Crippen molar-refractivity contribution >= 4 is 21.9 Å². The molecular weight excluding hydrogens is 342 g/mol. The lowest BCUT2D eigenvalue weighted by molar-refractivity contribution is 0.114. The predicted octanol–water partition coefficient (Wildman–Crippen LogP) is 3.27. The maximum atomic E-state index is 5.55. The molecule has 0 aromatic heterocycles. The van der Waals surface area contributed by atoms with E-state index in [4.69, 9.17) is 9.73 Å². The molecule has 1 atom stereocenters. The number of nitrogens with one attached hydrogen (secondary N) is 1. The zero-order valence-corrected chi connectivity index (χ0v) is 15.1. The van der Waals surface area contributed by atoms with Crippen LogP contribution in [0.4, 0.5) is 0 Å². The Balaban J connectivity index is 1.94. The first-order chi connectivity index (χ1) is 10.7. The molecular formula is C17H26BrN3O. The van der Waals surface area contributed by atoms with Gasteiger partial charge >= 0.3 is 0 Å². The summed E-state index contributed by atoms with van der Waals surface area (Å²) in [6.45, 7) is 9.52. The van der Waals surface area contributed by atoms with Gasteiger partial charge in [0.1, 0.15) is 0 Å². The molecule has 1 saturated heterocycles. The zero-order valence-electron chi connectivity index (χ0n) is 13.5. The first-order valence-electron chi connectivity index (χ1n) is 8.08. The van der Waals surface area contributed by atoms with Crippen molar-refractivity contribution < 1.29 is 4.74 Å². The first kappa shape index (κ1) is 17.3. The molecule has 2 rings (SSSR count). The molecule has 0 saturated carbocycles. The average Bonchev–Trinajstić information content (AvgIpc) is 2.99. The van der Waals surface area contributed by atoms with Crippen LogP contribution in [0.3, 0.4) is 0 Å². The van der Waals surface area contributed by atoms with Crippen LogP contribution in [0.1, 0.15) is 25.8 Å². The Hall–Kier alpha value is -1.07. The Bertz CT molecular complexity index is 475. The predicted molar refractivity (Wildman–Crippen MR) is 95.1 cm³/mol. The fraction of sp³-hybridized carbons (Fsp3) is 0.588. The molecule has 0 aliphatic carbocycles. The number of nitrogens with zero attached hydrogens (tertiary/aromatic N) is 2. The summed E-state index contributed by atoms with van der Waals surface area (Å²) in [4.78, 5) is 7.14. The molecule has 0 radical (unpaired) electrons. The van der Waals surface area contributed by atoms with E-state index >= 15 is 0 Å². The molecule has 4 nitrogen and oxygen atoms in total. The Kier molecular flexibility index (Phi) is 7.19. The van der Waals surface area contributed by atoms with Gasteiger partial charge in [0.2, 0.25) is 0 Å². The van der Waals surface area contributed by atoms with Gasteiger partial charge in [0.05, 0.1) is 13.2 Å². The molecule has 0 amide bonds. The van der Waals surface area contributed by atoms with E-state index in [2.05, 4.69) is 64.3 Å². The van der Waals surface area contributed by atoms with Crippen molar-refractivity contribution in [3.8, 4) is 0 Å². The Morgan fingerprint density at radius 3 is 2.82 bits per heavy atom. The molecule has 22 heavy (non-hydrogen) atoms. The molecule has 0 bridgehead atoms. The van der Waals surface area contributed by atoms with Crippen molar-refractivity contribution in [2.75, 3.05) is 32.8 Å². The molecule has 1 aliphatic rings. The number of hydrogen-bond donors (Lipinski definition) is 1. The van der Waals surface area contributed by atoms with Crippen LogP contribution in [0.25, 0.3) is 0 Å². The van der Waals surface area contributed by atoms with E-state index in [1.807, 2.05) is 0 Å². The van der Waals surface area contributed by atoms with Gasteiger partial charge in [-0.3, -0.25) is 0 Å². The van der Waals surface area contributed by atoms with Crippen LogP contribution in [-0.4, -0.2) is 43.7 Å². The lowest BCUT2D eigenvalue weighted by Crippen LogP contribution is -2.40. The largest absolute Gasteiger partial charge is 0.381 e. The van der Waals surface area contributed by atoms with E-state index < -0.39 is 0 Å². The maximum Gasteiger partial charge on any atom is 0.194 e. The fourth-order valence-corrected chi connectivity index (χ4v) is 2.89. The van der Waals surface area contributed by atoms with Crippen molar-refractivity contribution in [2.24, 2.45) is 10.9 Å². The van der Waals surface area contributed by atoms with E-state index in [9.17, 15) is 0 Å². The molecule has 1 unspecified atom stereocenters. The van der Waals surface area contributed by atoms with Crippen LogP contribution in [0.5, 0.6) is 0 Å². The van der Waals surface area contributed by atoms with Gasteiger partial charge in [0, 0.05) is 36.6 Å². The summed E-state index contributed by atoms with van der Waals surface area (Å²) < 4.78 is 6.66. The number of guanidine groups is 1. The number of halogens is 1. The van der Waals surface area contributed by atoms with Gasteiger partial charge in [-0.2, -0.15) is 0 Å². The minimum Gasteiger partial charge on any atom is -0.381 e. The van der Waals surface area contributed by atoms with E-state index in [1.54, 1.807) is 0 Å². The first-order valence-corrected chi connectivity index (χ1v) is 8.87.